The normalized spacial score (nSPS) is 15.0. The highest BCUT2D eigenvalue weighted by Crippen LogP contribution is 2.16. The van der Waals surface area contributed by atoms with E-state index in [0.29, 0.717) is 0 Å². The van der Waals surface area contributed by atoms with E-state index in [1.165, 1.54) is 0 Å². The van der Waals surface area contributed by atoms with Gasteiger partial charge in [-0.3, -0.25) is 0 Å². The molecule has 1 N–H and O–H groups in total. The first-order chi connectivity index (χ1) is 5.87. The second-order valence-corrected chi connectivity index (χ2v) is 3.32. The van der Waals surface area contributed by atoms with Crippen molar-refractivity contribution in [3.05, 3.63) is 0 Å². The summed E-state index contributed by atoms with van der Waals surface area (Å²) in [6.45, 7) is 2.23. The molecule has 0 aliphatic carbocycles. The van der Waals surface area contributed by atoms with Crippen molar-refractivity contribution >= 4 is 0 Å². The predicted octanol–water partition coefficient (Wildman–Crippen LogP) is 1.83. The van der Waals surface area contributed by atoms with E-state index in [0.717, 1.165) is 0 Å². The Morgan fingerprint density at radius 1 is 1.31 bits per heavy atom. The molecular formula is C8H15F3O2. The van der Waals surface area contributed by atoms with E-state index in [2.05, 4.69) is 4.74 Å². The van der Waals surface area contributed by atoms with Crippen molar-refractivity contribution in [1.82, 2.24) is 0 Å². The molecule has 2 nitrogen and oxygen atoms in total. The number of halogens is 3. The maximum Gasteiger partial charge on any atom is 0.411 e. The lowest BCUT2D eigenvalue weighted by Crippen LogP contribution is -2.24. The van der Waals surface area contributed by atoms with Gasteiger partial charge in [-0.05, 0) is 5.92 Å². The Kier molecular flexibility index (Phi) is 5.32. The monoisotopic (exact) mass is 200 g/mol. The van der Waals surface area contributed by atoms with Gasteiger partial charge in [-0.15, -0.1) is 0 Å². The molecule has 0 aromatic heterocycles. The maximum absolute atomic E-state index is 11.6. The fraction of sp³-hybridized carbons (Fsp3) is 1.00. The molecule has 0 aromatic carbocycles. The molecule has 0 aromatic rings. The van der Waals surface area contributed by atoms with Gasteiger partial charge in [0.2, 0.25) is 0 Å². The molecule has 0 saturated heterocycles. The summed E-state index contributed by atoms with van der Waals surface area (Å²) in [5.41, 5.74) is 0. The van der Waals surface area contributed by atoms with Crippen LogP contribution < -0.4 is 0 Å². The van der Waals surface area contributed by atoms with E-state index < -0.39 is 12.8 Å². The van der Waals surface area contributed by atoms with Crippen LogP contribution in [0, 0.1) is 11.8 Å². The van der Waals surface area contributed by atoms with Gasteiger partial charge in [0.15, 0.2) is 0 Å². The summed E-state index contributed by atoms with van der Waals surface area (Å²) in [5, 5.41) is 8.76. The van der Waals surface area contributed by atoms with Crippen LogP contribution in [0.5, 0.6) is 0 Å². The molecule has 0 radical (unpaired) electrons. The highest BCUT2D eigenvalue weighted by atomic mass is 19.4. The molecule has 0 spiro atoms. The molecule has 0 bridgehead atoms. The zero-order chi connectivity index (χ0) is 10.5. The Labute approximate surface area is 75.7 Å². The highest BCUT2D eigenvalue weighted by molar-refractivity contribution is 4.60. The summed E-state index contributed by atoms with van der Waals surface area (Å²) in [4.78, 5) is 0. The topological polar surface area (TPSA) is 29.5 Å². The van der Waals surface area contributed by atoms with Gasteiger partial charge in [-0.25, -0.2) is 0 Å². The molecule has 0 amide bonds. The average Bonchev–Trinajstić information content (AvgIpc) is 1.95. The number of hydrogen-bond acceptors (Lipinski definition) is 2. The summed E-state index contributed by atoms with van der Waals surface area (Å²) in [7, 11) is 0. The molecule has 1 atom stereocenters. The average molecular weight is 200 g/mol. The molecule has 0 saturated carbocycles. The minimum Gasteiger partial charge on any atom is -0.396 e. The van der Waals surface area contributed by atoms with Gasteiger partial charge in [-0.2, -0.15) is 13.2 Å². The van der Waals surface area contributed by atoms with Gasteiger partial charge in [0.1, 0.15) is 6.61 Å². The second-order valence-electron chi connectivity index (χ2n) is 3.32. The third kappa shape index (κ3) is 6.83. The van der Waals surface area contributed by atoms with Gasteiger partial charge < -0.3 is 9.84 Å². The van der Waals surface area contributed by atoms with Crippen LogP contribution in [0.25, 0.3) is 0 Å². The maximum atomic E-state index is 11.6. The van der Waals surface area contributed by atoms with Crippen LogP contribution in [-0.4, -0.2) is 31.1 Å². The molecule has 0 aliphatic rings. The van der Waals surface area contributed by atoms with Crippen LogP contribution in [0.2, 0.25) is 0 Å². The van der Waals surface area contributed by atoms with E-state index in [1.807, 2.05) is 13.8 Å². The molecule has 5 heteroatoms. The number of rotatable bonds is 5. The van der Waals surface area contributed by atoms with Crippen molar-refractivity contribution in [2.75, 3.05) is 19.8 Å². The molecule has 1 unspecified atom stereocenters. The number of aliphatic hydroxyl groups is 1. The predicted molar refractivity (Wildman–Crippen MR) is 42.3 cm³/mol. The molecule has 0 aliphatic heterocycles. The van der Waals surface area contributed by atoms with Crippen LogP contribution in [0.15, 0.2) is 0 Å². The second kappa shape index (κ2) is 5.44. The molecule has 13 heavy (non-hydrogen) atoms. The van der Waals surface area contributed by atoms with Gasteiger partial charge >= 0.3 is 6.18 Å². The minimum absolute atomic E-state index is 0.0479. The molecule has 0 heterocycles. The summed E-state index contributed by atoms with van der Waals surface area (Å²) in [5.74, 6) is -0.0967. The van der Waals surface area contributed by atoms with Crippen molar-refractivity contribution in [2.24, 2.45) is 11.8 Å². The third-order valence-electron chi connectivity index (χ3n) is 1.77. The van der Waals surface area contributed by atoms with Crippen molar-refractivity contribution in [1.29, 1.82) is 0 Å². The van der Waals surface area contributed by atoms with Crippen LogP contribution >= 0.6 is 0 Å². The van der Waals surface area contributed by atoms with E-state index in [1.54, 1.807) is 0 Å². The van der Waals surface area contributed by atoms with Crippen LogP contribution in [0.1, 0.15) is 13.8 Å². The highest BCUT2D eigenvalue weighted by Gasteiger charge is 2.28. The first-order valence-corrected chi connectivity index (χ1v) is 4.12. The first-order valence-electron chi connectivity index (χ1n) is 4.12. The van der Waals surface area contributed by atoms with Crippen molar-refractivity contribution < 1.29 is 23.0 Å². The SMILES string of the molecule is CC(C)C(CO)COCC(F)(F)F. The van der Waals surface area contributed by atoms with E-state index in [9.17, 15) is 13.2 Å². The van der Waals surface area contributed by atoms with Gasteiger partial charge in [0, 0.05) is 12.5 Å². The number of alkyl halides is 3. The number of ether oxygens (including phenoxy) is 1. The van der Waals surface area contributed by atoms with E-state index in [4.69, 9.17) is 5.11 Å². The Morgan fingerprint density at radius 2 is 1.85 bits per heavy atom. The molecule has 80 valence electrons. The number of hydrogen-bond donors (Lipinski definition) is 1. The van der Waals surface area contributed by atoms with Gasteiger partial charge in [0.25, 0.3) is 0 Å². The summed E-state index contributed by atoms with van der Waals surface area (Å²) in [6, 6.07) is 0. The standard InChI is InChI=1S/C8H15F3O2/c1-6(2)7(3-12)4-13-5-8(9,10)11/h6-7,12H,3-5H2,1-2H3. The lowest BCUT2D eigenvalue weighted by atomic mass is 9.98. The zero-order valence-corrected chi connectivity index (χ0v) is 7.77. The Balaban J connectivity index is 3.62. The third-order valence-corrected chi connectivity index (χ3v) is 1.77. The summed E-state index contributed by atoms with van der Waals surface area (Å²) < 4.78 is 39.3. The van der Waals surface area contributed by atoms with Gasteiger partial charge in [-0.1, -0.05) is 13.8 Å². The Bertz CT molecular complexity index is 134. The van der Waals surface area contributed by atoms with Crippen LogP contribution in [0.3, 0.4) is 0 Å². The summed E-state index contributed by atoms with van der Waals surface area (Å²) >= 11 is 0. The molecule has 0 fully saturated rings. The largest absolute Gasteiger partial charge is 0.411 e. The molecule has 0 rings (SSSR count). The number of aliphatic hydroxyl groups excluding tert-OH is 1. The Hall–Kier alpha value is -0.290. The minimum atomic E-state index is -4.28. The fourth-order valence-corrected chi connectivity index (χ4v) is 0.782. The zero-order valence-electron chi connectivity index (χ0n) is 7.77. The molecular weight excluding hydrogens is 185 g/mol. The van der Waals surface area contributed by atoms with E-state index >= 15 is 0 Å². The smallest absolute Gasteiger partial charge is 0.396 e. The van der Waals surface area contributed by atoms with Crippen LogP contribution in [-0.2, 0) is 4.74 Å². The van der Waals surface area contributed by atoms with Crippen molar-refractivity contribution in [3.8, 4) is 0 Å². The lowest BCUT2D eigenvalue weighted by molar-refractivity contribution is -0.178. The van der Waals surface area contributed by atoms with Crippen LogP contribution in [0.4, 0.5) is 13.2 Å². The lowest BCUT2D eigenvalue weighted by Gasteiger charge is -2.18. The van der Waals surface area contributed by atoms with E-state index in [-0.39, 0.29) is 25.0 Å². The van der Waals surface area contributed by atoms with Crippen molar-refractivity contribution in [2.45, 2.75) is 20.0 Å². The Morgan fingerprint density at radius 3 is 2.15 bits per heavy atom. The first kappa shape index (κ1) is 12.7. The fourth-order valence-electron chi connectivity index (χ4n) is 0.782. The van der Waals surface area contributed by atoms with Crippen molar-refractivity contribution in [3.63, 3.8) is 0 Å². The quantitative estimate of drug-likeness (QED) is 0.733. The summed E-state index contributed by atoms with van der Waals surface area (Å²) in [6.07, 6.45) is -4.28. The van der Waals surface area contributed by atoms with Gasteiger partial charge in [0.05, 0.1) is 6.61 Å².